The zero-order valence-electron chi connectivity index (χ0n) is 30.7. The van der Waals surface area contributed by atoms with Crippen LogP contribution in [0.1, 0.15) is 0 Å². The summed E-state index contributed by atoms with van der Waals surface area (Å²) in [6.45, 7) is 0. The van der Waals surface area contributed by atoms with E-state index in [4.69, 9.17) is 0 Å². The molecule has 56 heavy (non-hydrogen) atoms. The van der Waals surface area contributed by atoms with Gasteiger partial charge in [0.2, 0.25) is 0 Å². The van der Waals surface area contributed by atoms with E-state index in [0.717, 1.165) is 56.0 Å². The molecule has 0 fully saturated rings. The van der Waals surface area contributed by atoms with Crippen molar-refractivity contribution in [2.45, 2.75) is 0 Å². The van der Waals surface area contributed by atoms with E-state index in [0.29, 0.717) is 0 Å². The summed E-state index contributed by atoms with van der Waals surface area (Å²) in [5.74, 6) is 0. The van der Waals surface area contributed by atoms with Gasteiger partial charge in [-0.1, -0.05) is 146 Å². The number of benzene rings is 9. The fourth-order valence-electron chi connectivity index (χ4n) is 7.99. The average Bonchev–Trinajstić information content (AvgIpc) is 3.27. The number of anilines is 6. The van der Waals surface area contributed by atoms with Crippen LogP contribution < -0.4 is 9.80 Å². The van der Waals surface area contributed by atoms with Crippen molar-refractivity contribution in [1.29, 1.82) is 0 Å². The Labute approximate surface area is 327 Å². The maximum Gasteiger partial charge on any atom is 0.0474 e. The van der Waals surface area contributed by atoms with Crippen LogP contribution in [0.25, 0.3) is 54.6 Å². The molecule has 10 aromatic rings. The second-order valence-corrected chi connectivity index (χ2v) is 14.1. The first-order chi connectivity index (χ1) is 27.8. The Morgan fingerprint density at radius 2 is 0.768 bits per heavy atom. The van der Waals surface area contributed by atoms with Crippen molar-refractivity contribution in [3.8, 4) is 22.3 Å². The molecule has 10 aromatic carbocycles. The minimum absolute atomic E-state index is 1.02. The summed E-state index contributed by atoms with van der Waals surface area (Å²) >= 11 is 0. The number of hydrogen-bond acceptors (Lipinski definition) is 2. The van der Waals surface area contributed by atoms with Crippen LogP contribution in [0, 0.1) is 12.1 Å². The van der Waals surface area contributed by atoms with Crippen LogP contribution >= 0.6 is 0 Å². The molecule has 262 valence electrons. The van der Waals surface area contributed by atoms with Crippen molar-refractivity contribution < 1.29 is 0 Å². The van der Waals surface area contributed by atoms with Crippen molar-refractivity contribution in [3.63, 3.8) is 0 Å². The Hall–Kier alpha value is -7.60. The number of rotatable bonds is 8. The predicted molar refractivity (Wildman–Crippen MR) is 237 cm³/mol. The van der Waals surface area contributed by atoms with Crippen molar-refractivity contribution in [2.75, 3.05) is 9.80 Å². The van der Waals surface area contributed by atoms with Crippen LogP contribution in [0.4, 0.5) is 34.1 Å². The number of para-hydroxylation sites is 2. The van der Waals surface area contributed by atoms with E-state index in [1.165, 1.54) is 32.7 Å². The van der Waals surface area contributed by atoms with Crippen LogP contribution in [-0.4, -0.2) is 0 Å². The summed E-state index contributed by atoms with van der Waals surface area (Å²) in [5.41, 5.74) is 11.1. The molecule has 0 spiro atoms. The topological polar surface area (TPSA) is 6.48 Å². The molecule has 2 heteroatoms. The lowest BCUT2D eigenvalue weighted by molar-refractivity contribution is 1.29. The molecule has 0 aliphatic heterocycles. The Bertz CT molecular complexity index is 2750. The van der Waals surface area contributed by atoms with Gasteiger partial charge < -0.3 is 9.80 Å². The molecule has 0 radical (unpaired) electrons. The molecular formula is C54H36N2. The third-order valence-electron chi connectivity index (χ3n) is 10.6. The quantitative estimate of drug-likeness (QED) is 0.155. The number of fused-ring (bicyclic) bond motifs is 3. The lowest BCUT2D eigenvalue weighted by Gasteiger charge is -2.28. The molecule has 0 saturated carbocycles. The van der Waals surface area contributed by atoms with Crippen LogP contribution in [0.3, 0.4) is 0 Å². The molecule has 0 saturated heterocycles. The second-order valence-electron chi connectivity index (χ2n) is 14.1. The number of hydrogen-bond donors (Lipinski definition) is 0. The third-order valence-corrected chi connectivity index (χ3v) is 10.6. The van der Waals surface area contributed by atoms with E-state index in [1.807, 2.05) is 12.1 Å². The van der Waals surface area contributed by atoms with Crippen LogP contribution in [0.15, 0.2) is 218 Å². The van der Waals surface area contributed by atoms with Crippen molar-refractivity contribution in [3.05, 3.63) is 231 Å². The Kier molecular flexibility index (Phi) is 8.44. The average molecular weight is 713 g/mol. The highest BCUT2D eigenvalue weighted by atomic mass is 15.1. The van der Waals surface area contributed by atoms with Crippen molar-refractivity contribution in [2.24, 2.45) is 0 Å². The summed E-state index contributed by atoms with van der Waals surface area (Å²) in [4.78, 5) is 4.73. The molecule has 0 unspecified atom stereocenters. The first-order valence-electron chi connectivity index (χ1n) is 19.0. The minimum atomic E-state index is 1.02. The van der Waals surface area contributed by atoms with Crippen LogP contribution in [0.5, 0.6) is 0 Å². The van der Waals surface area contributed by atoms with Crippen LogP contribution in [0.2, 0.25) is 0 Å². The molecule has 2 nitrogen and oxygen atoms in total. The molecule has 0 atom stereocenters. The van der Waals surface area contributed by atoms with E-state index in [2.05, 4.69) is 228 Å². The zero-order chi connectivity index (χ0) is 37.3. The van der Waals surface area contributed by atoms with Gasteiger partial charge in [0.05, 0.1) is 0 Å². The standard InChI is InChI=1S/C54H36N2/c1-5-17-39(18-6-1)53-37-49(35-43-21-13-15-27-51(43)53)55(45-23-9-3-10-24-45)47-31-29-42-34-48(32-30-41(42)33-47)56(46-25-11-4-12-26-46)50-36-44-22-14-16-28-52(44)54(38-50)40-19-7-2-8-20-40/h1-7,9-19,21-38H. The second kappa shape index (κ2) is 14.3. The van der Waals surface area contributed by atoms with Gasteiger partial charge in [0.1, 0.15) is 0 Å². The highest BCUT2D eigenvalue weighted by molar-refractivity contribution is 6.03. The highest BCUT2D eigenvalue weighted by Crippen LogP contribution is 2.43. The van der Waals surface area contributed by atoms with Crippen molar-refractivity contribution in [1.82, 2.24) is 0 Å². The first-order valence-corrected chi connectivity index (χ1v) is 19.0. The normalized spacial score (nSPS) is 11.1. The molecule has 0 N–H and O–H groups in total. The first kappa shape index (κ1) is 33.0. The molecule has 0 amide bonds. The van der Waals surface area contributed by atoms with Gasteiger partial charge in [0, 0.05) is 39.7 Å². The lowest BCUT2D eigenvalue weighted by atomic mass is 9.96. The summed E-state index contributed by atoms with van der Waals surface area (Å²) in [6, 6.07) is 84.7. The third kappa shape index (κ3) is 6.18. The molecule has 0 aliphatic rings. The summed E-state index contributed by atoms with van der Waals surface area (Å²) in [5, 5.41) is 7.14. The van der Waals surface area contributed by atoms with Gasteiger partial charge in [-0.3, -0.25) is 0 Å². The summed E-state index contributed by atoms with van der Waals surface area (Å²) in [7, 11) is 0. The molecular weight excluding hydrogens is 677 g/mol. The predicted octanol–water partition coefficient (Wildman–Crippen LogP) is 15.0. The fraction of sp³-hybridized carbons (Fsp3) is 0. The Morgan fingerprint density at radius 3 is 1.30 bits per heavy atom. The van der Waals surface area contributed by atoms with E-state index < -0.39 is 0 Å². The maximum absolute atomic E-state index is 3.36. The molecule has 10 rings (SSSR count). The number of nitrogens with zero attached hydrogens (tertiary/aromatic N) is 2. The summed E-state index contributed by atoms with van der Waals surface area (Å²) < 4.78 is 0. The summed E-state index contributed by atoms with van der Waals surface area (Å²) in [6.07, 6.45) is 0. The van der Waals surface area contributed by atoms with E-state index in [9.17, 15) is 0 Å². The van der Waals surface area contributed by atoms with Crippen molar-refractivity contribution >= 4 is 66.4 Å². The minimum Gasteiger partial charge on any atom is -0.310 e. The van der Waals surface area contributed by atoms with E-state index in [1.54, 1.807) is 0 Å². The van der Waals surface area contributed by atoms with Crippen LogP contribution in [-0.2, 0) is 0 Å². The van der Waals surface area contributed by atoms with Gasteiger partial charge >= 0.3 is 0 Å². The zero-order valence-corrected chi connectivity index (χ0v) is 30.7. The Morgan fingerprint density at radius 1 is 0.304 bits per heavy atom. The molecule has 0 heterocycles. The van der Waals surface area contributed by atoms with E-state index >= 15 is 0 Å². The van der Waals surface area contributed by atoms with Gasteiger partial charge in [-0.25, -0.2) is 0 Å². The highest BCUT2D eigenvalue weighted by Gasteiger charge is 2.19. The van der Waals surface area contributed by atoms with Gasteiger partial charge in [-0.2, -0.15) is 0 Å². The smallest absolute Gasteiger partial charge is 0.0474 e. The SMILES string of the molecule is c1cccc(-c2cc(N(c3ccccc3)c3ccc4cc(N(c5ccccc5)c5cc(-c6ccccc6)c6ccccc6c5)ccc4c3)cc3ccccc23)c#1. The largest absolute Gasteiger partial charge is 0.310 e. The Balaban J connectivity index is 1.11. The monoisotopic (exact) mass is 712 g/mol. The van der Waals surface area contributed by atoms with Gasteiger partial charge in [-0.15, -0.1) is 0 Å². The molecule has 0 aromatic heterocycles. The van der Waals surface area contributed by atoms with E-state index in [-0.39, 0.29) is 0 Å². The molecule has 0 bridgehead atoms. The lowest BCUT2D eigenvalue weighted by Crippen LogP contribution is -2.11. The van der Waals surface area contributed by atoms with Gasteiger partial charge in [-0.05, 0) is 134 Å². The molecule has 0 aliphatic carbocycles. The fourth-order valence-corrected chi connectivity index (χ4v) is 7.99. The van der Waals surface area contributed by atoms with Gasteiger partial charge in [0.15, 0.2) is 0 Å². The van der Waals surface area contributed by atoms with Gasteiger partial charge in [0.25, 0.3) is 0 Å². The maximum atomic E-state index is 3.36.